The van der Waals surface area contributed by atoms with E-state index in [2.05, 4.69) is 34.0 Å². The molecule has 6 heteroatoms. The second kappa shape index (κ2) is 7.54. The van der Waals surface area contributed by atoms with Crippen LogP contribution in [0.15, 0.2) is 10.9 Å². The number of likely N-dealkylation sites (tertiary alicyclic amines) is 1. The van der Waals surface area contributed by atoms with E-state index >= 15 is 0 Å². The van der Waals surface area contributed by atoms with Gasteiger partial charge < -0.3 is 15.2 Å². The minimum atomic E-state index is -0.145. The van der Waals surface area contributed by atoms with E-state index in [9.17, 15) is 9.59 Å². The van der Waals surface area contributed by atoms with Crippen molar-refractivity contribution in [2.75, 3.05) is 19.6 Å². The summed E-state index contributed by atoms with van der Waals surface area (Å²) in [4.78, 5) is 32.9. The van der Waals surface area contributed by atoms with E-state index in [0.717, 1.165) is 25.9 Å². The van der Waals surface area contributed by atoms with Gasteiger partial charge in [0.25, 0.3) is 5.56 Å². The summed E-state index contributed by atoms with van der Waals surface area (Å²) in [6.07, 6.45) is 2.61. The number of piperidine rings is 1. The first-order valence-electron chi connectivity index (χ1n) is 8.04. The molecule has 2 N–H and O–H groups in total. The lowest BCUT2D eigenvalue weighted by Crippen LogP contribution is -2.45. The van der Waals surface area contributed by atoms with Crippen LogP contribution in [-0.4, -0.2) is 46.5 Å². The van der Waals surface area contributed by atoms with E-state index in [-0.39, 0.29) is 17.4 Å². The molecule has 2 heterocycles. The van der Waals surface area contributed by atoms with Gasteiger partial charge in [0.1, 0.15) is 5.82 Å². The van der Waals surface area contributed by atoms with Gasteiger partial charge in [-0.3, -0.25) is 9.59 Å². The molecule has 0 radical (unpaired) electrons. The number of aromatic amines is 1. The topological polar surface area (TPSA) is 78.1 Å². The van der Waals surface area contributed by atoms with Gasteiger partial charge in [0, 0.05) is 37.3 Å². The zero-order chi connectivity index (χ0) is 16.1. The predicted molar refractivity (Wildman–Crippen MR) is 85.7 cm³/mol. The standard InChI is InChI=1S/C16H26N4O2/c1-11(2)20-8-4-5-13(10-20)16(22)17-7-6-14-9-15(21)19-12(3)18-14/h9,11,13H,4-8,10H2,1-3H3,(H,17,22)(H,18,19,21)/t13-/m1/s1. The number of amides is 1. The number of rotatable bonds is 5. The summed E-state index contributed by atoms with van der Waals surface area (Å²) in [5.41, 5.74) is 0.572. The van der Waals surface area contributed by atoms with Crippen LogP contribution in [0.2, 0.25) is 0 Å². The quantitative estimate of drug-likeness (QED) is 0.846. The lowest BCUT2D eigenvalue weighted by Gasteiger charge is -2.34. The van der Waals surface area contributed by atoms with Gasteiger partial charge in [-0.2, -0.15) is 0 Å². The van der Waals surface area contributed by atoms with E-state index in [1.165, 1.54) is 6.07 Å². The molecule has 0 aliphatic carbocycles. The second-order valence-electron chi connectivity index (χ2n) is 6.29. The summed E-state index contributed by atoms with van der Waals surface area (Å²) >= 11 is 0. The van der Waals surface area contributed by atoms with Gasteiger partial charge in [0.15, 0.2) is 0 Å². The Bertz CT molecular complexity index is 568. The summed E-state index contributed by atoms with van der Waals surface area (Å²) in [7, 11) is 0. The number of aromatic nitrogens is 2. The number of H-pyrrole nitrogens is 1. The van der Waals surface area contributed by atoms with Gasteiger partial charge in [0.05, 0.1) is 5.92 Å². The van der Waals surface area contributed by atoms with Crippen molar-refractivity contribution in [2.24, 2.45) is 5.92 Å². The van der Waals surface area contributed by atoms with Crippen LogP contribution in [0.1, 0.15) is 38.2 Å². The largest absolute Gasteiger partial charge is 0.355 e. The Hall–Kier alpha value is -1.69. The van der Waals surface area contributed by atoms with Crippen molar-refractivity contribution in [1.82, 2.24) is 20.2 Å². The maximum Gasteiger partial charge on any atom is 0.251 e. The van der Waals surface area contributed by atoms with Crippen LogP contribution in [0.4, 0.5) is 0 Å². The number of nitrogens with one attached hydrogen (secondary N) is 2. The van der Waals surface area contributed by atoms with Crippen LogP contribution in [0.25, 0.3) is 0 Å². The Morgan fingerprint density at radius 3 is 3.00 bits per heavy atom. The molecule has 1 amide bonds. The summed E-state index contributed by atoms with van der Waals surface area (Å²) in [6.45, 7) is 8.53. The highest BCUT2D eigenvalue weighted by Gasteiger charge is 2.26. The van der Waals surface area contributed by atoms with Gasteiger partial charge in [-0.05, 0) is 40.2 Å². The minimum absolute atomic E-state index is 0.0741. The summed E-state index contributed by atoms with van der Waals surface area (Å²) in [5.74, 6) is 0.797. The Morgan fingerprint density at radius 1 is 1.55 bits per heavy atom. The third-order valence-corrected chi connectivity index (χ3v) is 4.15. The normalized spacial score (nSPS) is 19.4. The first kappa shape index (κ1) is 16.7. The monoisotopic (exact) mass is 306 g/mol. The van der Waals surface area contributed by atoms with E-state index in [1.807, 2.05) is 0 Å². The summed E-state index contributed by atoms with van der Waals surface area (Å²) in [6, 6.07) is 1.97. The average molecular weight is 306 g/mol. The van der Waals surface area contributed by atoms with Crippen molar-refractivity contribution >= 4 is 5.91 Å². The smallest absolute Gasteiger partial charge is 0.251 e. The van der Waals surface area contributed by atoms with Gasteiger partial charge in [-0.1, -0.05) is 0 Å². The molecule has 22 heavy (non-hydrogen) atoms. The second-order valence-corrected chi connectivity index (χ2v) is 6.29. The number of carbonyl (C=O) groups excluding carboxylic acids is 1. The Morgan fingerprint density at radius 2 is 2.32 bits per heavy atom. The van der Waals surface area contributed by atoms with E-state index in [4.69, 9.17) is 0 Å². The molecule has 0 aromatic carbocycles. The number of hydrogen-bond donors (Lipinski definition) is 2. The molecule has 0 saturated carbocycles. The molecule has 1 aliphatic rings. The zero-order valence-corrected chi connectivity index (χ0v) is 13.7. The number of carbonyl (C=O) groups is 1. The van der Waals surface area contributed by atoms with Gasteiger partial charge in [-0.15, -0.1) is 0 Å². The van der Waals surface area contributed by atoms with Gasteiger partial charge in [-0.25, -0.2) is 4.98 Å². The molecule has 1 saturated heterocycles. The first-order chi connectivity index (χ1) is 10.5. The van der Waals surface area contributed by atoms with Crippen LogP contribution < -0.4 is 10.9 Å². The van der Waals surface area contributed by atoms with Crippen molar-refractivity contribution in [3.8, 4) is 0 Å². The molecule has 2 rings (SSSR count). The van der Waals surface area contributed by atoms with Crippen molar-refractivity contribution in [3.63, 3.8) is 0 Å². The molecule has 1 aromatic heterocycles. The fraction of sp³-hybridized carbons (Fsp3) is 0.688. The highest BCUT2D eigenvalue weighted by molar-refractivity contribution is 5.78. The van der Waals surface area contributed by atoms with Crippen LogP contribution in [0.3, 0.4) is 0 Å². The third kappa shape index (κ3) is 4.66. The van der Waals surface area contributed by atoms with Crippen LogP contribution in [-0.2, 0) is 11.2 Å². The van der Waals surface area contributed by atoms with E-state index in [0.29, 0.717) is 30.5 Å². The third-order valence-electron chi connectivity index (χ3n) is 4.15. The Kier molecular flexibility index (Phi) is 5.71. The molecular formula is C16H26N4O2. The first-order valence-corrected chi connectivity index (χ1v) is 8.04. The minimum Gasteiger partial charge on any atom is -0.355 e. The molecule has 1 aliphatic heterocycles. The zero-order valence-electron chi connectivity index (χ0n) is 13.7. The summed E-state index contributed by atoms with van der Waals surface area (Å²) in [5, 5.41) is 2.98. The molecule has 0 spiro atoms. The van der Waals surface area contributed by atoms with Crippen molar-refractivity contribution in [1.29, 1.82) is 0 Å². The predicted octanol–water partition coefficient (Wildman–Crippen LogP) is 0.857. The van der Waals surface area contributed by atoms with Crippen LogP contribution in [0.5, 0.6) is 0 Å². The molecule has 1 fully saturated rings. The Labute approximate surface area is 131 Å². The maximum absolute atomic E-state index is 12.3. The van der Waals surface area contributed by atoms with Crippen molar-refractivity contribution in [3.05, 3.63) is 27.9 Å². The van der Waals surface area contributed by atoms with E-state index < -0.39 is 0 Å². The maximum atomic E-state index is 12.3. The van der Waals surface area contributed by atoms with Gasteiger partial charge in [0.2, 0.25) is 5.91 Å². The SMILES string of the molecule is Cc1nc(CCNC(=O)[C@@H]2CCCN(C(C)C)C2)cc(=O)[nH]1. The fourth-order valence-electron chi connectivity index (χ4n) is 2.92. The fourth-order valence-corrected chi connectivity index (χ4v) is 2.92. The molecule has 122 valence electrons. The molecule has 0 bridgehead atoms. The highest BCUT2D eigenvalue weighted by Crippen LogP contribution is 2.18. The average Bonchev–Trinajstić information content (AvgIpc) is 2.46. The Balaban J connectivity index is 1.81. The molecule has 1 atom stereocenters. The molecule has 0 unspecified atom stereocenters. The summed E-state index contributed by atoms with van der Waals surface area (Å²) < 4.78 is 0. The lowest BCUT2D eigenvalue weighted by molar-refractivity contribution is -0.126. The van der Waals surface area contributed by atoms with E-state index in [1.54, 1.807) is 6.92 Å². The van der Waals surface area contributed by atoms with Crippen molar-refractivity contribution < 1.29 is 4.79 Å². The van der Waals surface area contributed by atoms with Crippen LogP contribution >= 0.6 is 0 Å². The molecular weight excluding hydrogens is 280 g/mol. The van der Waals surface area contributed by atoms with Gasteiger partial charge >= 0.3 is 0 Å². The lowest BCUT2D eigenvalue weighted by atomic mass is 9.96. The number of aryl methyl sites for hydroxylation is 1. The molecule has 6 nitrogen and oxygen atoms in total. The number of hydrogen-bond acceptors (Lipinski definition) is 4. The van der Waals surface area contributed by atoms with Crippen molar-refractivity contribution in [2.45, 2.75) is 46.1 Å². The molecule has 1 aromatic rings. The van der Waals surface area contributed by atoms with Crippen LogP contribution in [0, 0.1) is 12.8 Å². The highest BCUT2D eigenvalue weighted by atomic mass is 16.2. The number of nitrogens with zero attached hydrogens (tertiary/aromatic N) is 2.